The number of benzene rings is 1. The summed E-state index contributed by atoms with van der Waals surface area (Å²) in [5, 5.41) is 0. The Kier molecular flexibility index (Phi) is 7.12. The topological polar surface area (TPSA) is 60.9 Å². The Bertz CT molecular complexity index is 780. The molecule has 1 amide bonds. The number of piperazine rings is 1. The summed E-state index contributed by atoms with van der Waals surface area (Å²) in [4.78, 5) is 17.0. The van der Waals surface area contributed by atoms with E-state index in [1.165, 1.54) is 15.4 Å². The van der Waals surface area contributed by atoms with Gasteiger partial charge in [-0.15, -0.1) is 0 Å². The van der Waals surface area contributed by atoms with Gasteiger partial charge < -0.3 is 4.90 Å². The average Bonchev–Trinajstić information content (AvgIpc) is 3.16. The van der Waals surface area contributed by atoms with Crippen LogP contribution in [0.25, 0.3) is 0 Å². The highest BCUT2D eigenvalue weighted by Crippen LogP contribution is 2.26. The van der Waals surface area contributed by atoms with Crippen LogP contribution in [0.3, 0.4) is 0 Å². The maximum Gasteiger partial charge on any atom is 0.243 e. The summed E-state index contributed by atoms with van der Waals surface area (Å²) in [6.45, 7) is 8.19. The predicted molar refractivity (Wildman–Crippen MR) is 111 cm³/mol. The van der Waals surface area contributed by atoms with Gasteiger partial charge in [0.15, 0.2) is 0 Å². The highest BCUT2D eigenvalue weighted by molar-refractivity contribution is 7.89. The maximum absolute atomic E-state index is 13.0. The number of hydrogen-bond donors (Lipinski definition) is 0. The number of aryl methyl sites for hydroxylation is 2. The second kappa shape index (κ2) is 9.37. The lowest BCUT2D eigenvalue weighted by atomic mass is 10.1. The summed E-state index contributed by atoms with van der Waals surface area (Å²) in [5.41, 5.74) is 2.44. The van der Waals surface area contributed by atoms with Crippen molar-refractivity contribution in [1.29, 1.82) is 0 Å². The third-order valence-electron chi connectivity index (χ3n) is 5.74. The Morgan fingerprint density at radius 2 is 1.64 bits per heavy atom. The molecule has 1 aliphatic carbocycles. The van der Waals surface area contributed by atoms with Crippen molar-refractivity contribution in [1.82, 2.24) is 14.1 Å². The van der Waals surface area contributed by atoms with Crippen LogP contribution in [0.2, 0.25) is 0 Å². The highest BCUT2D eigenvalue weighted by Gasteiger charge is 2.31. The first-order valence-electron chi connectivity index (χ1n) is 10.6. The first-order chi connectivity index (χ1) is 13.5. The molecule has 0 aromatic heterocycles. The SMILES string of the molecule is CCCN(CCC)CC(=O)N1CCN(S(=O)(=O)c2ccc3c(c2)CCC3)CC1. The lowest BCUT2D eigenvalue weighted by molar-refractivity contribution is -0.133. The van der Waals surface area contributed by atoms with E-state index in [1.807, 2.05) is 17.0 Å². The first kappa shape index (κ1) is 21.3. The van der Waals surface area contributed by atoms with Gasteiger partial charge in [-0.25, -0.2) is 8.42 Å². The van der Waals surface area contributed by atoms with Gasteiger partial charge in [0.2, 0.25) is 15.9 Å². The summed E-state index contributed by atoms with van der Waals surface area (Å²) in [7, 11) is -3.49. The molecule has 0 spiro atoms. The van der Waals surface area contributed by atoms with Gasteiger partial charge in [-0.1, -0.05) is 19.9 Å². The van der Waals surface area contributed by atoms with Gasteiger partial charge in [0.1, 0.15) is 0 Å². The molecule has 0 unspecified atom stereocenters. The Morgan fingerprint density at radius 3 is 2.29 bits per heavy atom. The van der Waals surface area contributed by atoms with Crippen LogP contribution < -0.4 is 0 Å². The van der Waals surface area contributed by atoms with Crippen LogP contribution >= 0.6 is 0 Å². The minimum atomic E-state index is -3.49. The van der Waals surface area contributed by atoms with Gasteiger partial charge in [-0.2, -0.15) is 4.31 Å². The van der Waals surface area contributed by atoms with Crippen molar-refractivity contribution >= 4 is 15.9 Å². The molecule has 0 N–H and O–H groups in total. The van der Waals surface area contributed by atoms with Crippen LogP contribution in [-0.4, -0.2) is 74.2 Å². The molecule has 0 radical (unpaired) electrons. The van der Waals surface area contributed by atoms with Crippen LogP contribution in [0.1, 0.15) is 44.2 Å². The zero-order valence-corrected chi connectivity index (χ0v) is 18.0. The van der Waals surface area contributed by atoms with Crippen LogP contribution in [0.15, 0.2) is 23.1 Å². The fourth-order valence-electron chi connectivity index (χ4n) is 4.23. The number of rotatable bonds is 8. The second-order valence-electron chi connectivity index (χ2n) is 7.85. The third-order valence-corrected chi connectivity index (χ3v) is 7.63. The van der Waals surface area contributed by atoms with Crippen molar-refractivity contribution in [3.05, 3.63) is 29.3 Å². The standard InChI is InChI=1S/C21H33N3O3S/c1-3-10-22(11-4-2)17-21(25)23-12-14-24(15-13-23)28(26,27)20-9-8-18-6-5-7-19(18)16-20/h8-9,16H,3-7,10-15,17H2,1-2H3. The van der Waals surface area contributed by atoms with Crippen molar-refractivity contribution < 1.29 is 13.2 Å². The Morgan fingerprint density at radius 1 is 1.00 bits per heavy atom. The van der Waals surface area contributed by atoms with E-state index in [1.54, 1.807) is 6.07 Å². The molecule has 6 nitrogen and oxygen atoms in total. The first-order valence-corrected chi connectivity index (χ1v) is 12.0. The van der Waals surface area contributed by atoms with Crippen LogP contribution in [0.4, 0.5) is 0 Å². The number of hydrogen-bond acceptors (Lipinski definition) is 4. The molecule has 1 saturated heterocycles. The lowest BCUT2D eigenvalue weighted by Crippen LogP contribution is -2.52. The molecular formula is C21H33N3O3S. The highest BCUT2D eigenvalue weighted by atomic mass is 32.2. The number of carbonyl (C=O) groups is 1. The van der Waals surface area contributed by atoms with E-state index in [-0.39, 0.29) is 5.91 Å². The number of nitrogens with zero attached hydrogens (tertiary/aromatic N) is 3. The van der Waals surface area contributed by atoms with Gasteiger partial charge in [-0.05, 0) is 68.5 Å². The molecule has 1 aromatic carbocycles. The van der Waals surface area contributed by atoms with E-state index in [9.17, 15) is 13.2 Å². The summed E-state index contributed by atoms with van der Waals surface area (Å²) >= 11 is 0. The molecule has 1 aliphatic heterocycles. The zero-order chi connectivity index (χ0) is 20.1. The zero-order valence-electron chi connectivity index (χ0n) is 17.2. The molecule has 7 heteroatoms. The summed E-state index contributed by atoms with van der Waals surface area (Å²) in [6.07, 6.45) is 5.17. The fraction of sp³-hybridized carbons (Fsp3) is 0.667. The van der Waals surface area contributed by atoms with Gasteiger partial charge in [0.25, 0.3) is 0 Å². The second-order valence-corrected chi connectivity index (χ2v) is 9.78. The Balaban J connectivity index is 1.59. The van der Waals surface area contributed by atoms with Crippen LogP contribution in [0.5, 0.6) is 0 Å². The average molecular weight is 408 g/mol. The van der Waals surface area contributed by atoms with Crippen LogP contribution in [0, 0.1) is 0 Å². The fourth-order valence-corrected chi connectivity index (χ4v) is 5.70. The molecule has 28 heavy (non-hydrogen) atoms. The van der Waals surface area contributed by atoms with Gasteiger partial charge in [0.05, 0.1) is 11.4 Å². The van der Waals surface area contributed by atoms with Crippen molar-refractivity contribution in [2.75, 3.05) is 45.8 Å². The Hall–Kier alpha value is -1.44. The molecular weight excluding hydrogens is 374 g/mol. The number of sulfonamides is 1. The van der Waals surface area contributed by atoms with Crippen molar-refractivity contribution in [3.8, 4) is 0 Å². The van der Waals surface area contributed by atoms with E-state index >= 15 is 0 Å². The minimum Gasteiger partial charge on any atom is -0.339 e. The van der Waals surface area contributed by atoms with Gasteiger partial charge in [0, 0.05) is 26.2 Å². The third kappa shape index (κ3) is 4.75. The number of fused-ring (bicyclic) bond motifs is 1. The Labute approximate surface area is 169 Å². The molecule has 0 atom stereocenters. The number of carbonyl (C=O) groups excluding carboxylic acids is 1. The molecule has 0 saturated carbocycles. The minimum absolute atomic E-state index is 0.108. The van der Waals surface area contributed by atoms with Crippen molar-refractivity contribution in [2.45, 2.75) is 50.8 Å². The van der Waals surface area contributed by atoms with E-state index in [4.69, 9.17) is 0 Å². The normalized spacial score (nSPS) is 17.9. The molecule has 156 valence electrons. The molecule has 1 heterocycles. The van der Waals surface area contributed by atoms with Crippen LogP contribution in [-0.2, 0) is 27.7 Å². The summed E-state index contributed by atoms with van der Waals surface area (Å²) < 4.78 is 27.6. The van der Waals surface area contributed by atoms with Crippen molar-refractivity contribution in [3.63, 3.8) is 0 Å². The maximum atomic E-state index is 13.0. The molecule has 2 aliphatic rings. The molecule has 1 aromatic rings. The lowest BCUT2D eigenvalue weighted by Gasteiger charge is -2.35. The molecule has 3 rings (SSSR count). The molecule has 0 bridgehead atoms. The quantitative estimate of drug-likeness (QED) is 0.662. The monoisotopic (exact) mass is 407 g/mol. The van der Waals surface area contributed by atoms with E-state index in [2.05, 4.69) is 18.7 Å². The van der Waals surface area contributed by atoms with E-state index < -0.39 is 10.0 Å². The smallest absolute Gasteiger partial charge is 0.243 e. The predicted octanol–water partition coefficient (Wildman–Crippen LogP) is 2.13. The summed E-state index contributed by atoms with van der Waals surface area (Å²) in [5.74, 6) is 0.108. The van der Waals surface area contributed by atoms with E-state index in [0.717, 1.165) is 45.2 Å². The van der Waals surface area contributed by atoms with Gasteiger partial charge in [-0.3, -0.25) is 9.69 Å². The van der Waals surface area contributed by atoms with Gasteiger partial charge >= 0.3 is 0 Å². The largest absolute Gasteiger partial charge is 0.339 e. The van der Waals surface area contributed by atoms with E-state index in [0.29, 0.717) is 37.6 Å². The number of amides is 1. The summed E-state index contributed by atoms with van der Waals surface area (Å²) in [6, 6.07) is 5.55. The van der Waals surface area contributed by atoms with Crippen molar-refractivity contribution in [2.24, 2.45) is 0 Å². The molecule has 1 fully saturated rings.